The molecule has 2 aromatic carbocycles. The molecule has 0 saturated heterocycles. The van der Waals surface area contributed by atoms with Crippen molar-refractivity contribution in [3.05, 3.63) is 76.7 Å². The zero-order valence-electron chi connectivity index (χ0n) is 17.9. The Morgan fingerprint density at radius 1 is 1.12 bits per heavy atom. The van der Waals surface area contributed by atoms with E-state index in [9.17, 15) is 4.79 Å². The standard InChI is InChI=1S/C25H24N4O3/c1-15-21(17-9-5-10-18(23(26)30)22(17)32-15)25-28-20-11-6-12-31-14-19(20)24(29-25)27-13-16-7-3-2-4-8-16/h2-5,7-10H,6,11-14H2,1H3,(H2,26,30)(H,27,28,29). The number of hydrogen-bond donors (Lipinski definition) is 2. The number of nitrogens with one attached hydrogen (secondary N) is 1. The first-order valence-electron chi connectivity index (χ1n) is 10.7. The van der Waals surface area contributed by atoms with Crippen LogP contribution in [0.3, 0.4) is 0 Å². The van der Waals surface area contributed by atoms with Crippen LogP contribution in [0.15, 0.2) is 52.9 Å². The summed E-state index contributed by atoms with van der Waals surface area (Å²) in [4.78, 5) is 21.7. The summed E-state index contributed by atoms with van der Waals surface area (Å²) in [5.41, 5.74) is 10.3. The second-order valence-corrected chi connectivity index (χ2v) is 7.90. The van der Waals surface area contributed by atoms with Crippen molar-refractivity contribution in [3.63, 3.8) is 0 Å². The van der Waals surface area contributed by atoms with Crippen LogP contribution in [0.2, 0.25) is 0 Å². The number of carbonyl (C=O) groups excluding carboxylic acids is 1. The largest absolute Gasteiger partial charge is 0.460 e. The summed E-state index contributed by atoms with van der Waals surface area (Å²) in [5, 5.41) is 4.26. The summed E-state index contributed by atoms with van der Waals surface area (Å²) in [5.74, 6) is 1.45. The summed E-state index contributed by atoms with van der Waals surface area (Å²) >= 11 is 0. The van der Waals surface area contributed by atoms with E-state index in [1.54, 1.807) is 12.1 Å². The maximum Gasteiger partial charge on any atom is 0.252 e. The van der Waals surface area contributed by atoms with Gasteiger partial charge in [-0.1, -0.05) is 42.5 Å². The Kier molecular flexibility index (Phi) is 5.33. The molecule has 3 heterocycles. The third-order valence-electron chi connectivity index (χ3n) is 5.72. The molecule has 0 radical (unpaired) electrons. The van der Waals surface area contributed by atoms with E-state index in [1.165, 1.54) is 0 Å². The predicted octanol–water partition coefficient (Wildman–Crippen LogP) is 4.37. The van der Waals surface area contributed by atoms with Gasteiger partial charge >= 0.3 is 0 Å². The van der Waals surface area contributed by atoms with E-state index in [-0.39, 0.29) is 0 Å². The number of benzene rings is 2. The third kappa shape index (κ3) is 3.71. The lowest BCUT2D eigenvalue weighted by Gasteiger charge is -2.15. The molecule has 0 saturated carbocycles. The summed E-state index contributed by atoms with van der Waals surface area (Å²) in [7, 11) is 0. The number of ether oxygens (including phenoxy) is 1. The summed E-state index contributed by atoms with van der Waals surface area (Å²) in [6.07, 6.45) is 1.71. The average molecular weight is 428 g/mol. The highest BCUT2D eigenvalue weighted by Crippen LogP contribution is 2.36. The molecule has 2 aromatic heterocycles. The molecule has 3 N–H and O–H groups in total. The molecule has 32 heavy (non-hydrogen) atoms. The summed E-state index contributed by atoms with van der Waals surface area (Å²) < 4.78 is 11.7. The molecule has 0 aliphatic carbocycles. The molecule has 1 aliphatic heterocycles. The fourth-order valence-corrected chi connectivity index (χ4v) is 4.15. The van der Waals surface area contributed by atoms with Gasteiger partial charge in [-0.05, 0) is 31.4 Å². The first-order valence-corrected chi connectivity index (χ1v) is 10.7. The minimum atomic E-state index is -0.527. The molecule has 7 nitrogen and oxygen atoms in total. The quantitative estimate of drug-likeness (QED) is 0.489. The second kappa shape index (κ2) is 8.43. The Morgan fingerprint density at radius 2 is 1.97 bits per heavy atom. The van der Waals surface area contributed by atoms with E-state index in [4.69, 9.17) is 24.9 Å². The zero-order chi connectivity index (χ0) is 22.1. The lowest BCUT2D eigenvalue weighted by atomic mass is 10.1. The maximum absolute atomic E-state index is 11.9. The Balaban J connectivity index is 1.63. The molecule has 162 valence electrons. The van der Waals surface area contributed by atoms with E-state index in [0.717, 1.165) is 46.4 Å². The average Bonchev–Trinajstić information content (AvgIpc) is 2.96. The van der Waals surface area contributed by atoms with Crippen LogP contribution in [0.25, 0.3) is 22.4 Å². The van der Waals surface area contributed by atoms with Crippen LogP contribution in [0.1, 0.15) is 39.4 Å². The number of hydrogen-bond acceptors (Lipinski definition) is 6. The number of aromatic nitrogens is 2. The lowest BCUT2D eigenvalue weighted by Crippen LogP contribution is -2.11. The van der Waals surface area contributed by atoms with Gasteiger partial charge in [0.15, 0.2) is 5.82 Å². The zero-order valence-corrected chi connectivity index (χ0v) is 17.9. The van der Waals surface area contributed by atoms with Crippen LogP contribution in [0.5, 0.6) is 0 Å². The van der Waals surface area contributed by atoms with E-state index >= 15 is 0 Å². The van der Waals surface area contributed by atoms with Crippen LogP contribution >= 0.6 is 0 Å². The van der Waals surface area contributed by atoms with Crippen molar-refractivity contribution in [2.24, 2.45) is 5.73 Å². The number of amides is 1. The van der Waals surface area contributed by atoms with Crippen LogP contribution in [-0.4, -0.2) is 22.5 Å². The molecular formula is C25H24N4O3. The van der Waals surface area contributed by atoms with Gasteiger partial charge in [0.25, 0.3) is 5.91 Å². The van der Waals surface area contributed by atoms with E-state index in [2.05, 4.69) is 17.4 Å². The number of primary amides is 1. The molecule has 0 fully saturated rings. The molecule has 5 rings (SSSR count). The van der Waals surface area contributed by atoms with E-state index < -0.39 is 5.91 Å². The highest BCUT2D eigenvalue weighted by molar-refractivity contribution is 6.07. The van der Waals surface area contributed by atoms with Crippen molar-refractivity contribution >= 4 is 22.7 Å². The van der Waals surface area contributed by atoms with Crippen molar-refractivity contribution in [2.75, 3.05) is 11.9 Å². The molecule has 4 aromatic rings. The summed E-state index contributed by atoms with van der Waals surface area (Å²) in [6.45, 7) is 3.67. The summed E-state index contributed by atoms with van der Waals surface area (Å²) in [6, 6.07) is 15.5. The lowest BCUT2D eigenvalue weighted by molar-refractivity contribution is 0.100. The highest BCUT2D eigenvalue weighted by atomic mass is 16.5. The third-order valence-corrected chi connectivity index (χ3v) is 5.72. The number of para-hydroxylation sites is 1. The van der Waals surface area contributed by atoms with Gasteiger partial charge in [-0.2, -0.15) is 0 Å². The highest BCUT2D eigenvalue weighted by Gasteiger charge is 2.23. The van der Waals surface area contributed by atoms with Crippen LogP contribution in [-0.2, 0) is 24.3 Å². The SMILES string of the molecule is Cc1oc2c(C(N)=O)cccc2c1-c1nc2c(c(NCc3ccccc3)n1)COCCC2. The number of rotatable bonds is 5. The van der Waals surface area contributed by atoms with Crippen LogP contribution < -0.4 is 11.1 Å². The fourth-order valence-electron chi connectivity index (χ4n) is 4.15. The molecule has 1 aliphatic rings. The Labute approximate surface area is 185 Å². The number of anilines is 1. The Morgan fingerprint density at radius 3 is 2.78 bits per heavy atom. The number of fused-ring (bicyclic) bond motifs is 2. The van der Waals surface area contributed by atoms with Gasteiger partial charge < -0.3 is 20.2 Å². The minimum absolute atomic E-state index is 0.349. The number of aryl methyl sites for hydroxylation is 2. The van der Waals surface area contributed by atoms with Gasteiger partial charge in [-0.3, -0.25) is 4.79 Å². The Bertz CT molecular complexity index is 1300. The predicted molar refractivity (Wildman–Crippen MR) is 122 cm³/mol. The topological polar surface area (TPSA) is 103 Å². The van der Waals surface area contributed by atoms with Gasteiger partial charge in [-0.15, -0.1) is 0 Å². The van der Waals surface area contributed by atoms with E-state index in [0.29, 0.717) is 42.5 Å². The molecule has 7 heteroatoms. The number of furan rings is 1. The number of nitrogens with zero attached hydrogens (tertiary/aromatic N) is 2. The van der Waals surface area contributed by atoms with Crippen molar-refractivity contribution < 1.29 is 13.9 Å². The molecular weight excluding hydrogens is 404 g/mol. The first-order chi connectivity index (χ1) is 15.6. The molecule has 0 spiro atoms. The Hall–Kier alpha value is -3.71. The van der Waals surface area contributed by atoms with Gasteiger partial charge in [0.1, 0.15) is 17.2 Å². The second-order valence-electron chi connectivity index (χ2n) is 7.90. The molecule has 0 bridgehead atoms. The number of carbonyl (C=O) groups is 1. The van der Waals surface area contributed by atoms with E-state index in [1.807, 2.05) is 31.2 Å². The van der Waals surface area contributed by atoms with Crippen LogP contribution in [0.4, 0.5) is 5.82 Å². The first kappa shape index (κ1) is 20.2. The normalized spacial score (nSPS) is 13.5. The molecule has 1 amide bonds. The maximum atomic E-state index is 11.9. The minimum Gasteiger partial charge on any atom is -0.460 e. The van der Waals surface area contributed by atoms with Crippen LogP contribution in [0, 0.1) is 6.92 Å². The molecule has 0 unspecified atom stereocenters. The monoisotopic (exact) mass is 428 g/mol. The van der Waals surface area contributed by atoms with Crippen molar-refractivity contribution in [1.82, 2.24) is 9.97 Å². The number of nitrogens with two attached hydrogens (primary N) is 1. The van der Waals surface area contributed by atoms with Crippen molar-refractivity contribution in [1.29, 1.82) is 0 Å². The van der Waals surface area contributed by atoms with Gasteiger partial charge in [-0.25, -0.2) is 9.97 Å². The smallest absolute Gasteiger partial charge is 0.252 e. The van der Waals surface area contributed by atoms with Gasteiger partial charge in [0.05, 0.1) is 23.4 Å². The van der Waals surface area contributed by atoms with Crippen molar-refractivity contribution in [2.45, 2.75) is 32.9 Å². The van der Waals surface area contributed by atoms with Gasteiger partial charge in [0.2, 0.25) is 0 Å². The van der Waals surface area contributed by atoms with Crippen molar-refractivity contribution in [3.8, 4) is 11.4 Å². The molecule has 0 atom stereocenters. The van der Waals surface area contributed by atoms with Gasteiger partial charge in [0, 0.05) is 24.1 Å². The fraction of sp³-hybridized carbons (Fsp3) is 0.240.